The van der Waals surface area contributed by atoms with Gasteiger partial charge in [0.25, 0.3) is 0 Å². The standard InChI is InChI=1S/C20H19ClN4O2/c1-27-18-9-8-13(21)11-16(18)24-20(26)17-7-4-10-25(17)19-14-5-2-3-6-15(14)22-12-23-19/h2-3,5-6,8-9,11-12,17H,4,7,10H2,1H3,(H,24,26)/t17-/m1/s1. The summed E-state index contributed by atoms with van der Waals surface area (Å²) >= 11 is 6.07. The van der Waals surface area contributed by atoms with Crippen LogP contribution >= 0.6 is 11.6 Å². The molecule has 0 spiro atoms. The van der Waals surface area contributed by atoms with Crippen LogP contribution in [0.4, 0.5) is 11.5 Å². The van der Waals surface area contributed by atoms with E-state index in [9.17, 15) is 4.79 Å². The number of fused-ring (bicyclic) bond motifs is 1. The molecule has 1 aliphatic heterocycles. The number of nitrogens with one attached hydrogen (secondary N) is 1. The predicted molar refractivity (Wildman–Crippen MR) is 107 cm³/mol. The second-order valence-corrected chi connectivity index (χ2v) is 6.84. The lowest BCUT2D eigenvalue weighted by atomic mass is 10.1. The maximum Gasteiger partial charge on any atom is 0.247 e. The maximum absolute atomic E-state index is 13.0. The lowest BCUT2D eigenvalue weighted by Crippen LogP contribution is -2.40. The molecule has 138 valence electrons. The van der Waals surface area contributed by atoms with E-state index in [1.165, 1.54) is 0 Å². The van der Waals surface area contributed by atoms with Crippen molar-refractivity contribution in [3.8, 4) is 5.75 Å². The van der Waals surface area contributed by atoms with Crippen molar-refractivity contribution in [2.75, 3.05) is 23.9 Å². The summed E-state index contributed by atoms with van der Waals surface area (Å²) in [6.07, 6.45) is 3.22. The average Bonchev–Trinajstić information content (AvgIpc) is 3.17. The molecule has 6 nitrogen and oxygen atoms in total. The van der Waals surface area contributed by atoms with Crippen molar-refractivity contribution < 1.29 is 9.53 Å². The molecule has 1 fully saturated rings. The highest BCUT2D eigenvalue weighted by Crippen LogP contribution is 2.32. The monoisotopic (exact) mass is 382 g/mol. The molecule has 3 aromatic rings. The Hall–Kier alpha value is -2.86. The Morgan fingerprint density at radius 2 is 2.11 bits per heavy atom. The summed E-state index contributed by atoms with van der Waals surface area (Å²) < 4.78 is 5.33. The van der Waals surface area contributed by atoms with Gasteiger partial charge in [0.1, 0.15) is 23.9 Å². The van der Waals surface area contributed by atoms with Gasteiger partial charge in [0.2, 0.25) is 5.91 Å². The number of methoxy groups -OCH3 is 1. The Bertz CT molecular complexity index is 989. The van der Waals surface area contributed by atoms with Gasteiger partial charge in [-0.3, -0.25) is 4.79 Å². The van der Waals surface area contributed by atoms with Crippen molar-refractivity contribution in [3.05, 3.63) is 53.8 Å². The van der Waals surface area contributed by atoms with Gasteiger partial charge < -0.3 is 15.0 Å². The molecule has 4 rings (SSSR count). The summed E-state index contributed by atoms with van der Waals surface area (Å²) in [5, 5.41) is 4.44. The quantitative estimate of drug-likeness (QED) is 0.741. The van der Waals surface area contributed by atoms with Gasteiger partial charge >= 0.3 is 0 Å². The molecule has 1 saturated heterocycles. The van der Waals surface area contributed by atoms with Crippen LogP contribution in [-0.2, 0) is 4.79 Å². The Balaban J connectivity index is 1.63. The number of rotatable bonds is 4. The number of anilines is 2. The number of para-hydroxylation sites is 1. The fraction of sp³-hybridized carbons (Fsp3) is 0.250. The first-order valence-electron chi connectivity index (χ1n) is 8.78. The minimum absolute atomic E-state index is 0.101. The predicted octanol–water partition coefficient (Wildman–Crippen LogP) is 3.90. The highest BCUT2D eigenvalue weighted by molar-refractivity contribution is 6.31. The van der Waals surface area contributed by atoms with Gasteiger partial charge in [-0.05, 0) is 43.2 Å². The smallest absolute Gasteiger partial charge is 0.247 e. The van der Waals surface area contributed by atoms with E-state index < -0.39 is 0 Å². The number of aromatic nitrogens is 2. The molecular formula is C20H19ClN4O2. The van der Waals surface area contributed by atoms with Crippen molar-refractivity contribution >= 4 is 39.9 Å². The van der Waals surface area contributed by atoms with Crippen molar-refractivity contribution in [1.29, 1.82) is 0 Å². The van der Waals surface area contributed by atoms with Gasteiger partial charge in [-0.15, -0.1) is 0 Å². The van der Waals surface area contributed by atoms with Crippen LogP contribution in [0, 0.1) is 0 Å². The zero-order valence-electron chi connectivity index (χ0n) is 14.9. The van der Waals surface area contributed by atoms with E-state index in [2.05, 4.69) is 20.2 Å². The second kappa shape index (κ2) is 7.40. The Morgan fingerprint density at radius 3 is 2.96 bits per heavy atom. The molecule has 2 aromatic carbocycles. The van der Waals surface area contributed by atoms with Gasteiger partial charge in [0.05, 0.1) is 18.3 Å². The highest BCUT2D eigenvalue weighted by Gasteiger charge is 2.33. The number of hydrogen-bond acceptors (Lipinski definition) is 5. The number of amides is 1. The van der Waals surface area contributed by atoms with Crippen molar-refractivity contribution in [2.24, 2.45) is 0 Å². The molecule has 1 N–H and O–H groups in total. The highest BCUT2D eigenvalue weighted by atomic mass is 35.5. The number of carbonyl (C=O) groups excluding carboxylic acids is 1. The maximum atomic E-state index is 13.0. The van der Waals surface area contributed by atoms with E-state index in [4.69, 9.17) is 16.3 Å². The van der Waals surface area contributed by atoms with Crippen molar-refractivity contribution in [2.45, 2.75) is 18.9 Å². The number of carbonyl (C=O) groups is 1. The number of benzene rings is 2. The van der Waals surface area contributed by atoms with Crippen LogP contribution in [0.1, 0.15) is 12.8 Å². The van der Waals surface area contributed by atoms with Crippen LogP contribution in [0.15, 0.2) is 48.8 Å². The summed E-state index contributed by atoms with van der Waals surface area (Å²) in [5.41, 5.74) is 1.43. The summed E-state index contributed by atoms with van der Waals surface area (Å²) in [6, 6.07) is 12.7. The average molecular weight is 383 g/mol. The van der Waals surface area contributed by atoms with Crippen LogP contribution in [0.2, 0.25) is 5.02 Å². The normalized spacial score (nSPS) is 16.5. The van der Waals surface area contributed by atoms with E-state index >= 15 is 0 Å². The molecular weight excluding hydrogens is 364 g/mol. The first-order chi connectivity index (χ1) is 13.2. The van der Waals surface area contributed by atoms with Crippen molar-refractivity contribution in [1.82, 2.24) is 9.97 Å². The third-order valence-corrected chi connectivity index (χ3v) is 5.00. The molecule has 7 heteroatoms. The summed E-state index contributed by atoms with van der Waals surface area (Å²) in [4.78, 5) is 23.9. The number of halogens is 1. The zero-order valence-corrected chi connectivity index (χ0v) is 15.6. The molecule has 0 aliphatic carbocycles. The van der Waals surface area contributed by atoms with Gasteiger partial charge in [0.15, 0.2) is 0 Å². The first kappa shape index (κ1) is 17.5. The SMILES string of the molecule is COc1ccc(Cl)cc1NC(=O)[C@H]1CCCN1c1ncnc2ccccc12. The molecule has 0 saturated carbocycles. The molecule has 2 heterocycles. The fourth-order valence-electron chi connectivity index (χ4n) is 3.51. The van der Waals surface area contributed by atoms with Gasteiger partial charge in [-0.2, -0.15) is 0 Å². The molecule has 0 radical (unpaired) electrons. The minimum Gasteiger partial charge on any atom is -0.495 e. The van der Waals surface area contributed by atoms with Crippen LogP contribution in [0.25, 0.3) is 10.9 Å². The summed E-state index contributed by atoms with van der Waals surface area (Å²) in [5.74, 6) is 1.26. The number of hydrogen-bond donors (Lipinski definition) is 1. The molecule has 1 aromatic heterocycles. The van der Waals surface area contributed by atoms with Crippen molar-refractivity contribution in [3.63, 3.8) is 0 Å². The Kier molecular flexibility index (Phi) is 4.81. The summed E-state index contributed by atoms with van der Waals surface area (Å²) in [6.45, 7) is 0.770. The Morgan fingerprint density at radius 1 is 1.26 bits per heavy atom. The van der Waals surface area contributed by atoms with E-state index in [1.807, 2.05) is 24.3 Å². The zero-order chi connectivity index (χ0) is 18.8. The van der Waals surface area contributed by atoms with Crippen LogP contribution in [0.3, 0.4) is 0 Å². The molecule has 1 amide bonds. The van der Waals surface area contributed by atoms with E-state index in [1.54, 1.807) is 31.6 Å². The molecule has 0 bridgehead atoms. The van der Waals surface area contributed by atoms with Gasteiger partial charge in [-0.1, -0.05) is 23.7 Å². The molecule has 1 aliphatic rings. The minimum atomic E-state index is -0.313. The molecule has 27 heavy (non-hydrogen) atoms. The van der Waals surface area contributed by atoms with E-state index in [-0.39, 0.29) is 11.9 Å². The van der Waals surface area contributed by atoms with Crippen LogP contribution < -0.4 is 15.0 Å². The summed E-state index contributed by atoms with van der Waals surface area (Å²) in [7, 11) is 1.56. The fourth-order valence-corrected chi connectivity index (χ4v) is 3.68. The number of ether oxygens (including phenoxy) is 1. The second-order valence-electron chi connectivity index (χ2n) is 6.40. The third kappa shape index (κ3) is 3.40. The third-order valence-electron chi connectivity index (χ3n) is 4.77. The largest absolute Gasteiger partial charge is 0.495 e. The lowest BCUT2D eigenvalue weighted by Gasteiger charge is -2.26. The van der Waals surface area contributed by atoms with Crippen LogP contribution in [-0.4, -0.2) is 35.6 Å². The van der Waals surface area contributed by atoms with E-state index in [0.717, 1.165) is 36.1 Å². The lowest BCUT2D eigenvalue weighted by molar-refractivity contribution is -0.117. The number of nitrogens with zero attached hydrogens (tertiary/aromatic N) is 3. The molecule has 1 atom stereocenters. The Labute approximate surface area is 162 Å². The topological polar surface area (TPSA) is 67.3 Å². The van der Waals surface area contributed by atoms with E-state index in [0.29, 0.717) is 16.5 Å². The van der Waals surface area contributed by atoms with Crippen LogP contribution in [0.5, 0.6) is 5.75 Å². The van der Waals surface area contributed by atoms with Gasteiger partial charge in [-0.25, -0.2) is 9.97 Å². The first-order valence-corrected chi connectivity index (χ1v) is 9.16. The van der Waals surface area contributed by atoms with Gasteiger partial charge in [0, 0.05) is 17.0 Å². The molecule has 0 unspecified atom stereocenters.